The number of hydrogen-bond donors (Lipinski definition) is 3. The Hall–Kier alpha value is -4.30. The number of thioether (sulfide) groups is 1. The molecule has 2 heterocycles. The van der Waals surface area contributed by atoms with E-state index in [1.807, 2.05) is 80.6 Å². The number of hydrogen-bond acceptors (Lipinski definition) is 5. The summed E-state index contributed by atoms with van der Waals surface area (Å²) in [5, 5.41) is 9.82. The van der Waals surface area contributed by atoms with Gasteiger partial charge in [-0.15, -0.1) is 0 Å². The Kier molecular flexibility index (Phi) is 7.33. The highest BCUT2D eigenvalue weighted by molar-refractivity contribution is 8.15. The number of allylic oxidation sites excluding steroid dienone is 1. The molecule has 192 valence electrons. The lowest BCUT2D eigenvalue weighted by molar-refractivity contribution is -0.113. The monoisotopic (exact) mass is 524 g/mol. The molecule has 0 radical (unpaired) electrons. The van der Waals surface area contributed by atoms with Crippen LogP contribution in [0.5, 0.6) is 5.75 Å². The van der Waals surface area contributed by atoms with Gasteiger partial charge in [-0.05, 0) is 43.2 Å². The summed E-state index contributed by atoms with van der Waals surface area (Å²) in [4.78, 5) is 31.6. The van der Waals surface area contributed by atoms with Gasteiger partial charge in [0, 0.05) is 34.3 Å². The Morgan fingerprint density at radius 2 is 1.55 bits per heavy atom. The maximum absolute atomic E-state index is 13.8. The molecule has 3 aromatic rings. The summed E-state index contributed by atoms with van der Waals surface area (Å²) in [7, 11) is 1.57. The van der Waals surface area contributed by atoms with Gasteiger partial charge in [-0.3, -0.25) is 4.79 Å². The third-order valence-corrected chi connectivity index (χ3v) is 7.55. The number of ether oxygens (including phenoxy) is 1. The SMILES string of the molecule is COc1ccccc1NC(=O)C1=C(C)N=C2SCC(NC(=O)Nc3ccccc3C)=C2C1c1ccccc1. The molecular formula is C30H28N4O3S. The van der Waals surface area contributed by atoms with E-state index < -0.39 is 5.92 Å². The molecule has 0 aromatic heterocycles. The van der Waals surface area contributed by atoms with Crippen LogP contribution in [0.25, 0.3) is 0 Å². The summed E-state index contributed by atoms with van der Waals surface area (Å²) < 4.78 is 5.43. The number of carbonyl (C=O) groups excluding carboxylic acids is 2. The van der Waals surface area contributed by atoms with Gasteiger partial charge >= 0.3 is 6.03 Å². The van der Waals surface area contributed by atoms with Gasteiger partial charge < -0.3 is 20.7 Å². The third kappa shape index (κ3) is 5.08. The Morgan fingerprint density at radius 3 is 2.29 bits per heavy atom. The molecule has 3 N–H and O–H groups in total. The maximum atomic E-state index is 13.8. The van der Waals surface area contributed by atoms with Gasteiger partial charge in [-0.2, -0.15) is 0 Å². The molecule has 8 heteroatoms. The zero-order chi connectivity index (χ0) is 26.6. The Labute approximate surface area is 226 Å². The average Bonchev–Trinajstić information content (AvgIpc) is 3.31. The van der Waals surface area contributed by atoms with E-state index in [0.717, 1.165) is 33.1 Å². The highest BCUT2D eigenvalue weighted by Crippen LogP contribution is 2.46. The molecule has 0 aliphatic carbocycles. The number of benzene rings is 3. The van der Waals surface area contributed by atoms with E-state index in [-0.39, 0.29) is 11.9 Å². The van der Waals surface area contributed by atoms with E-state index in [2.05, 4.69) is 16.0 Å². The molecule has 3 aromatic carbocycles. The molecule has 0 saturated carbocycles. The van der Waals surface area contributed by atoms with Crippen molar-refractivity contribution in [2.75, 3.05) is 23.5 Å². The largest absolute Gasteiger partial charge is 0.495 e. The van der Waals surface area contributed by atoms with E-state index in [1.165, 1.54) is 0 Å². The van der Waals surface area contributed by atoms with Gasteiger partial charge in [-0.25, -0.2) is 9.79 Å². The summed E-state index contributed by atoms with van der Waals surface area (Å²) in [6.45, 7) is 3.80. The molecule has 1 unspecified atom stereocenters. The predicted octanol–water partition coefficient (Wildman–Crippen LogP) is 6.23. The van der Waals surface area contributed by atoms with Crippen LogP contribution >= 0.6 is 11.8 Å². The minimum Gasteiger partial charge on any atom is -0.495 e. The predicted molar refractivity (Wildman–Crippen MR) is 154 cm³/mol. The molecule has 3 amide bonds. The number of aliphatic imine (C=N–C) groups is 1. The van der Waals surface area contributed by atoms with Gasteiger partial charge in [0.2, 0.25) is 0 Å². The zero-order valence-electron chi connectivity index (χ0n) is 21.4. The molecule has 7 nitrogen and oxygen atoms in total. The fourth-order valence-corrected chi connectivity index (χ4v) is 5.81. The van der Waals surface area contributed by atoms with Crippen molar-refractivity contribution in [3.63, 3.8) is 0 Å². The second-order valence-corrected chi connectivity index (χ2v) is 9.95. The number of para-hydroxylation sites is 3. The third-order valence-electron chi connectivity index (χ3n) is 6.54. The number of nitrogens with zero attached hydrogens (tertiary/aromatic N) is 1. The first kappa shape index (κ1) is 25.4. The highest BCUT2D eigenvalue weighted by Gasteiger charge is 2.39. The lowest BCUT2D eigenvalue weighted by Crippen LogP contribution is -2.32. The molecule has 0 bridgehead atoms. The number of rotatable bonds is 6. The van der Waals surface area contributed by atoms with Crippen LogP contribution in [0.15, 0.2) is 106 Å². The van der Waals surface area contributed by atoms with E-state index in [0.29, 0.717) is 28.5 Å². The van der Waals surface area contributed by atoms with E-state index in [9.17, 15) is 9.59 Å². The van der Waals surface area contributed by atoms with E-state index in [1.54, 1.807) is 31.0 Å². The Morgan fingerprint density at radius 1 is 0.868 bits per heavy atom. The van der Waals surface area contributed by atoms with Crippen molar-refractivity contribution in [1.82, 2.24) is 5.32 Å². The average molecular weight is 525 g/mol. The Bertz CT molecular complexity index is 1490. The second kappa shape index (κ2) is 11.0. The summed E-state index contributed by atoms with van der Waals surface area (Å²) in [5.41, 5.74) is 5.99. The van der Waals surface area contributed by atoms with Crippen molar-refractivity contribution in [1.29, 1.82) is 0 Å². The number of fused-ring (bicyclic) bond motifs is 1. The van der Waals surface area contributed by atoms with Gasteiger partial charge in [0.1, 0.15) is 10.8 Å². The topological polar surface area (TPSA) is 91.8 Å². The Balaban J connectivity index is 1.52. The molecule has 38 heavy (non-hydrogen) atoms. The summed E-state index contributed by atoms with van der Waals surface area (Å²) in [6.07, 6.45) is 0. The van der Waals surface area contributed by atoms with E-state index in [4.69, 9.17) is 9.73 Å². The van der Waals surface area contributed by atoms with Crippen LogP contribution in [0.3, 0.4) is 0 Å². The number of aryl methyl sites for hydroxylation is 1. The molecule has 5 rings (SSSR count). The maximum Gasteiger partial charge on any atom is 0.323 e. The minimum absolute atomic E-state index is 0.267. The van der Waals surface area contributed by atoms with Crippen molar-refractivity contribution in [2.24, 2.45) is 4.99 Å². The van der Waals surface area contributed by atoms with Crippen molar-refractivity contribution in [2.45, 2.75) is 19.8 Å². The number of urea groups is 1. The van der Waals surface area contributed by atoms with Gasteiger partial charge in [0.05, 0.1) is 18.4 Å². The summed E-state index contributed by atoms with van der Waals surface area (Å²) in [5.74, 6) is 0.452. The molecule has 0 saturated heterocycles. The number of carbonyl (C=O) groups is 2. The fraction of sp³-hybridized carbons (Fsp3) is 0.167. The van der Waals surface area contributed by atoms with Crippen molar-refractivity contribution in [3.8, 4) is 5.75 Å². The number of nitrogens with one attached hydrogen (secondary N) is 3. The van der Waals surface area contributed by atoms with Crippen LogP contribution in [0.4, 0.5) is 16.2 Å². The van der Waals surface area contributed by atoms with Crippen LogP contribution in [0.2, 0.25) is 0 Å². The molecule has 1 atom stereocenters. The number of anilines is 2. The summed E-state index contributed by atoms with van der Waals surface area (Å²) >= 11 is 1.56. The van der Waals surface area contributed by atoms with Crippen molar-refractivity contribution >= 4 is 40.1 Å². The summed E-state index contributed by atoms with van der Waals surface area (Å²) in [6, 6.07) is 24.4. The second-order valence-electron chi connectivity index (χ2n) is 8.99. The zero-order valence-corrected chi connectivity index (χ0v) is 22.2. The van der Waals surface area contributed by atoms with Crippen LogP contribution in [-0.4, -0.2) is 29.8 Å². The molecule has 2 aliphatic heterocycles. The molecule has 0 fully saturated rings. The van der Waals surface area contributed by atoms with Crippen LogP contribution in [0, 0.1) is 6.92 Å². The highest BCUT2D eigenvalue weighted by atomic mass is 32.2. The number of methoxy groups -OCH3 is 1. The van der Waals surface area contributed by atoms with E-state index >= 15 is 0 Å². The standard InChI is InChI=1S/C30H28N4O3S/c1-18-11-7-8-14-21(18)33-30(36)34-23-17-38-29-27(23)26(20-12-5-4-6-13-20)25(19(2)31-29)28(35)32-22-15-9-10-16-24(22)37-3/h4-16,26H,17H2,1-3H3,(H,32,35)(H2,33,34,36). The quantitative estimate of drug-likeness (QED) is 0.356. The normalized spacial score (nSPS) is 16.5. The van der Waals surface area contributed by atoms with Crippen LogP contribution in [0.1, 0.15) is 24.0 Å². The number of amides is 3. The van der Waals surface area contributed by atoms with Gasteiger partial charge in [0.15, 0.2) is 0 Å². The van der Waals surface area contributed by atoms with Crippen molar-refractivity contribution < 1.29 is 14.3 Å². The molecular weight excluding hydrogens is 496 g/mol. The first-order valence-electron chi connectivity index (χ1n) is 12.2. The van der Waals surface area contributed by atoms with Gasteiger partial charge in [-0.1, -0.05) is 72.4 Å². The lowest BCUT2D eigenvalue weighted by Gasteiger charge is -2.28. The minimum atomic E-state index is -0.401. The molecule has 0 spiro atoms. The fourth-order valence-electron chi connectivity index (χ4n) is 4.70. The van der Waals surface area contributed by atoms with Crippen LogP contribution in [-0.2, 0) is 4.79 Å². The lowest BCUT2D eigenvalue weighted by atomic mass is 9.81. The first-order chi connectivity index (χ1) is 18.5. The first-order valence-corrected chi connectivity index (χ1v) is 13.2. The molecule has 2 aliphatic rings. The smallest absolute Gasteiger partial charge is 0.323 e. The van der Waals surface area contributed by atoms with Crippen LogP contribution < -0.4 is 20.7 Å². The van der Waals surface area contributed by atoms with Crippen molar-refractivity contribution in [3.05, 3.63) is 113 Å². The van der Waals surface area contributed by atoms with Gasteiger partial charge in [0.25, 0.3) is 5.91 Å².